The van der Waals surface area contributed by atoms with Gasteiger partial charge in [0.05, 0.1) is 5.52 Å². The number of pyridine rings is 1. The van der Waals surface area contributed by atoms with Gasteiger partial charge in [-0.05, 0) is 55.7 Å². The van der Waals surface area contributed by atoms with Crippen LogP contribution < -0.4 is 0 Å². The number of hydrogen-bond donors (Lipinski definition) is 1. The molecule has 0 spiro atoms. The molecule has 1 unspecified atom stereocenters. The molecule has 2 saturated heterocycles. The first kappa shape index (κ1) is 19.7. The summed E-state index contributed by atoms with van der Waals surface area (Å²) in [6, 6.07) is 9.44. The van der Waals surface area contributed by atoms with Crippen LogP contribution in [0.1, 0.15) is 41.4 Å². The van der Waals surface area contributed by atoms with Crippen LogP contribution in [0.4, 0.5) is 4.39 Å². The van der Waals surface area contributed by atoms with Crippen molar-refractivity contribution in [3.63, 3.8) is 0 Å². The van der Waals surface area contributed by atoms with Crippen LogP contribution in [0.25, 0.3) is 11.2 Å². The number of likely N-dealkylation sites (tertiary alicyclic amines) is 2. The van der Waals surface area contributed by atoms with Crippen molar-refractivity contribution in [3.05, 3.63) is 59.8 Å². The molecule has 31 heavy (non-hydrogen) atoms. The molecule has 2 aliphatic heterocycles. The molecule has 3 aromatic rings. The fourth-order valence-electron chi connectivity index (χ4n) is 4.60. The van der Waals surface area contributed by atoms with E-state index in [1.165, 1.54) is 24.3 Å². The number of H-pyrrole nitrogens is 1. The summed E-state index contributed by atoms with van der Waals surface area (Å²) in [5, 5.41) is 0. The number of benzene rings is 1. The highest BCUT2D eigenvalue weighted by atomic mass is 19.1. The van der Waals surface area contributed by atoms with Crippen molar-refractivity contribution in [2.45, 2.75) is 25.2 Å². The SMILES string of the molecule is O=C(c1ccc(F)cc1)N1CCC(C(=O)N2CCC(c3nc4ncccc4[nH]3)C2)CC1. The van der Waals surface area contributed by atoms with Crippen LogP contribution in [0.2, 0.25) is 0 Å². The molecule has 8 heteroatoms. The number of imidazole rings is 1. The molecule has 2 aromatic heterocycles. The highest BCUT2D eigenvalue weighted by molar-refractivity contribution is 5.94. The number of fused-ring (bicyclic) bond motifs is 1. The molecule has 4 heterocycles. The highest BCUT2D eigenvalue weighted by Gasteiger charge is 2.35. The second-order valence-electron chi connectivity index (χ2n) is 8.34. The molecule has 2 amide bonds. The lowest BCUT2D eigenvalue weighted by Crippen LogP contribution is -2.43. The van der Waals surface area contributed by atoms with E-state index in [0.717, 1.165) is 24.3 Å². The smallest absolute Gasteiger partial charge is 0.253 e. The van der Waals surface area contributed by atoms with E-state index >= 15 is 0 Å². The van der Waals surface area contributed by atoms with E-state index < -0.39 is 0 Å². The standard InChI is InChI=1S/C23H24FN5O2/c24-18-5-3-15(4-6-18)22(30)28-11-7-16(8-12-28)23(31)29-13-9-17(14-29)20-26-19-2-1-10-25-21(19)27-20/h1-6,10,16-17H,7-9,11-14H2,(H,25,26,27). The highest BCUT2D eigenvalue weighted by Crippen LogP contribution is 2.29. The molecule has 0 bridgehead atoms. The summed E-state index contributed by atoms with van der Waals surface area (Å²) in [4.78, 5) is 41.6. The third kappa shape index (κ3) is 3.89. The number of piperidine rings is 1. The number of carbonyl (C=O) groups is 2. The van der Waals surface area contributed by atoms with Crippen LogP contribution in [0.3, 0.4) is 0 Å². The van der Waals surface area contributed by atoms with E-state index in [1.807, 2.05) is 17.0 Å². The van der Waals surface area contributed by atoms with Crippen LogP contribution in [-0.4, -0.2) is 62.7 Å². The Morgan fingerprint density at radius 2 is 1.74 bits per heavy atom. The second kappa shape index (κ2) is 8.09. The number of amides is 2. The zero-order chi connectivity index (χ0) is 21.4. The molecule has 160 valence electrons. The average Bonchev–Trinajstić information content (AvgIpc) is 3.46. The number of halogens is 1. The molecular weight excluding hydrogens is 397 g/mol. The Bertz CT molecular complexity index is 1070. The number of hydrogen-bond acceptors (Lipinski definition) is 4. The van der Waals surface area contributed by atoms with Gasteiger partial charge in [0.1, 0.15) is 11.6 Å². The minimum atomic E-state index is -0.358. The van der Waals surface area contributed by atoms with Crippen molar-refractivity contribution in [1.82, 2.24) is 24.8 Å². The van der Waals surface area contributed by atoms with Gasteiger partial charge < -0.3 is 14.8 Å². The van der Waals surface area contributed by atoms with Gasteiger partial charge in [-0.15, -0.1) is 0 Å². The largest absolute Gasteiger partial charge is 0.342 e. The van der Waals surface area contributed by atoms with E-state index in [1.54, 1.807) is 11.1 Å². The number of nitrogens with one attached hydrogen (secondary N) is 1. The van der Waals surface area contributed by atoms with Crippen molar-refractivity contribution in [1.29, 1.82) is 0 Å². The van der Waals surface area contributed by atoms with Gasteiger partial charge >= 0.3 is 0 Å². The predicted octanol–water partition coefficient (Wildman–Crippen LogP) is 2.97. The number of rotatable bonds is 3. The van der Waals surface area contributed by atoms with E-state index in [4.69, 9.17) is 0 Å². The molecule has 1 aromatic carbocycles. The number of carbonyl (C=O) groups excluding carboxylic acids is 2. The lowest BCUT2D eigenvalue weighted by Gasteiger charge is -2.33. The van der Waals surface area contributed by atoms with Crippen LogP contribution >= 0.6 is 0 Å². The van der Waals surface area contributed by atoms with Gasteiger partial charge in [0, 0.05) is 49.8 Å². The molecule has 0 radical (unpaired) electrons. The Morgan fingerprint density at radius 1 is 1.00 bits per heavy atom. The van der Waals surface area contributed by atoms with Gasteiger partial charge in [-0.1, -0.05) is 0 Å². The zero-order valence-corrected chi connectivity index (χ0v) is 17.1. The molecule has 0 aliphatic carbocycles. The van der Waals surface area contributed by atoms with Gasteiger partial charge in [0.2, 0.25) is 5.91 Å². The second-order valence-corrected chi connectivity index (χ2v) is 8.34. The molecular formula is C23H24FN5O2. The van der Waals surface area contributed by atoms with Gasteiger partial charge in [0.15, 0.2) is 5.65 Å². The average molecular weight is 421 g/mol. The maximum Gasteiger partial charge on any atom is 0.253 e. The summed E-state index contributed by atoms with van der Waals surface area (Å²) in [6.45, 7) is 2.47. The quantitative estimate of drug-likeness (QED) is 0.705. The van der Waals surface area contributed by atoms with Crippen molar-refractivity contribution in [3.8, 4) is 0 Å². The Labute approximate surface area is 179 Å². The zero-order valence-electron chi connectivity index (χ0n) is 17.1. The third-order valence-electron chi connectivity index (χ3n) is 6.38. The van der Waals surface area contributed by atoms with Crippen LogP contribution in [-0.2, 0) is 4.79 Å². The Hall–Kier alpha value is -3.29. The summed E-state index contributed by atoms with van der Waals surface area (Å²) < 4.78 is 13.1. The number of aromatic nitrogens is 3. The minimum Gasteiger partial charge on any atom is -0.342 e. The normalized spacial score (nSPS) is 19.8. The molecule has 1 N–H and O–H groups in total. The van der Waals surface area contributed by atoms with Crippen molar-refractivity contribution in [2.24, 2.45) is 5.92 Å². The van der Waals surface area contributed by atoms with E-state index in [2.05, 4.69) is 15.0 Å². The van der Waals surface area contributed by atoms with Gasteiger partial charge in [0.25, 0.3) is 5.91 Å². The molecule has 2 aliphatic rings. The minimum absolute atomic E-state index is 0.0617. The predicted molar refractivity (Wildman–Crippen MR) is 113 cm³/mol. The number of nitrogens with zero attached hydrogens (tertiary/aromatic N) is 4. The van der Waals surface area contributed by atoms with Gasteiger partial charge in [-0.25, -0.2) is 14.4 Å². The van der Waals surface area contributed by atoms with E-state index in [0.29, 0.717) is 43.7 Å². The van der Waals surface area contributed by atoms with Crippen molar-refractivity contribution >= 4 is 23.0 Å². The maximum atomic E-state index is 13.1. The molecule has 1 atom stereocenters. The lowest BCUT2D eigenvalue weighted by atomic mass is 9.95. The topological polar surface area (TPSA) is 82.2 Å². The van der Waals surface area contributed by atoms with Gasteiger partial charge in [-0.2, -0.15) is 0 Å². The maximum absolute atomic E-state index is 13.1. The fourth-order valence-corrected chi connectivity index (χ4v) is 4.60. The Kier molecular flexibility index (Phi) is 5.13. The third-order valence-corrected chi connectivity index (χ3v) is 6.38. The summed E-state index contributed by atoms with van der Waals surface area (Å²) in [7, 11) is 0. The van der Waals surface area contributed by atoms with Crippen LogP contribution in [0, 0.1) is 11.7 Å². The summed E-state index contributed by atoms with van der Waals surface area (Å²) >= 11 is 0. The fraction of sp³-hybridized carbons (Fsp3) is 0.391. The Morgan fingerprint density at radius 3 is 2.48 bits per heavy atom. The molecule has 0 saturated carbocycles. The first-order chi connectivity index (χ1) is 15.1. The van der Waals surface area contributed by atoms with Gasteiger partial charge in [-0.3, -0.25) is 9.59 Å². The molecule has 5 rings (SSSR count). The molecule has 2 fully saturated rings. The monoisotopic (exact) mass is 421 g/mol. The summed E-state index contributed by atoms with van der Waals surface area (Å²) in [5.74, 6) is 0.732. The molecule has 7 nitrogen and oxygen atoms in total. The lowest BCUT2D eigenvalue weighted by molar-refractivity contribution is -0.135. The summed E-state index contributed by atoms with van der Waals surface area (Å²) in [5.41, 5.74) is 2.11. The summed E-state index contributed by atoms with van der Waals surface area (Å²) in [6.07, 6.45) is 3.92. The first-order valence-electron chi connectivity index (χ1n) is 10.7. The number of aromatic amines is 1. The van der Waals surface area contributed by atoms with Crippen LogP contribution in [0.5, 0.6) is 0 Å². The van der Waals surface area contributed by atoms with Crippen LogP contribution in [0.15, 0.2) is 42.6 Å². The van der Waals surface area contributed by atoms with E-state index in [9.17, 15) is 14.0 Å². The first-order valence-corrected chi connectivity index (χ1v) is 10.7. The Balaban J connectivity index is 1.17. The van der Waals surface area contributed by atoms with E-state index in [-0.39, 0.29) is 29.5 Å². The van der Waals surface area contributed by atoms with Crippen molar-refractivity contribution in [2.75, 3.05) is 26.2 Å². The van der Waals surface area contributed by atoms with Crippen molar-refractivity contribution < 1.29 is 14.0 Å².